The molecule has 0 aliphatic carbocycles. The van der Waals surface area contributed by atoms with Gasteiger partial charge in [-0.1, -0.05) is 18.1 Å². The number of nitrogens with two attached hydrogens (primary N) is 1. The zero-order valence-electron chi connectivity index (χ0n) is 8.34. The summed E-state index contributed by atoms with van der Waals surface area (Å²) in [4.78, 5) is 21.2. The summed E-state index contributed by atoms with van der Waals surface area (Å²) in [6.07, 6.45) is -4.93. The van der Waals surface area contributed by atoms with Gasteiger partial charge in [0.2, 0.25) is 0 Å². The first-order chi connectivity index (χ1) is 7.80. The molecule has 0 radical (unpaired) electrons. The minimum absolute atomic E-state index is 0.110. The Morgan fingerprint density at radius 1 is 1.24 bits per heavy atom. The molecule has 17 heavy (non-hydrogen) atoms. The van der Waals surface area contributed by atoms with Gasteiger partial charge in [0, 0.05) is 11.1 Å². The molecule has 0 spiro atoms. The Morgan fingerprint density at radius 2 is 1.88 bits per heavy atom. The number of Topliss-reactive ketones (excluding diaryl/α,β-unsaturated/α-hetero) is 1. The van der Waals surface area contributed by atoms with E-state index in [0.717, 1.165) is 12.1 Å². The van der Waals surface area contributed by atoms with E-state index in [1.165, 1.54) is 12.1 Å². The standard InChI is InChI=1S/C11H6F3NO2/c12-11(13,14)10(17)8-3-1-2-7(6-8)4-5-9(15)16/h1-3,6H,(H2,15,16). The van der Waals surface area contributed by atoms with Crippen molar-refractivity contribution in [2.75, 3.05) is 0 Å². The van der Waals surface area contributed by atoms with Gasteiger partial charge in [-0.05, 0) is 18.1 Å². The van der Waals surface area contributed by atoms with Crippen LogP contribution in [0.5, 0.6) is 0 Å². The number of amides is 1. The molecule has 0 atom stereocenters. The van der Waals surface area contributed by atoms with Crippen LogP contribution in [0.25, 0.3) is 0 Å². The number of carbonyl (C=O) groups excluding carboxylic acids is 2. The molecule has 1 rings (SSSR count). The van der Waals surface area contributed by atoms with E-state index < -0.39 is 23.4 Å². The maximum absolute atomic E-state index is 12.1. The van der Waals surface area contributed by atoms with Crippen LogP contribution in [-0.2, 0) is 4.79 Å². The van der Waals surface area contributed by atoms with E-state index in [9.17, 15) is 22.8 Å². The fraction of sp³-hybridized carbons (Fsp3) is 0.0909. The van der Waals surface area contributed by atoms with Crippen LogP contribution < -0.4 is 5.73 Å². The Labute approximate surface area is 94.4 Å². The molecular formula is C11H6F3NO2. The van der Waals surface area contributed by atoms with Crippen LogP contribution in [0.15, 0.2) is 24.3 Å². The number of ketones is 1. The summed E-state index contributed by atoms with van der Waals surface area (Å²) in [5, 5.41) is 0. The fourth-order valence-corrected chi connectivity index (χ4v) is 1.04. The number of benzene rings is 1. The predicted molar refractivity (Wildman–Crippen MR) is 52.9 cm³/mol. The van der Waals surface area contributed by atoms with Crippen LogP contribution in [0.3, 0.4) is 0 Å². The molecule has 3 nitrogen and oxygen atoms in total. The van der Waals surface area contributed by atoms with Gasteiger partial charge in [0.25, 0.3) is 11.7 Å². The predicted octanol–water partition coefficient (Wildman–Crippen LogP) is 1.27. The van der Waals surface area contributed by atoms with Gasteiger partial charge in [-0.2, -0.15) is 13.2 Å². The molecule has 1 aromatic rings. The maximum atomic E-state index is 12.1. The van der Waals surface area contributed by atoms with Crippen LogP contribution in [0.4, 0.5) is 13.2 Å². The topological polar surface area (TPSA) is 60.2 Å². The second-order valence-electron chi connectivity index (χ2n) is 3.02. The van der Waals surface area contributed by atoms with Crippen LogP contribution in [0, 0.1) is 11.8 Å². The first-order valence-corrected chi connectivity index (χ1v) is 4.34. The van der Waals surface area contributed by atoms with Gasteiger partial charge in [-0.25, -0.2) is 0 Å². The third kappa shape index (κ3) is 3.65. The lowest BCUT2D eigenvalue weighted by molar-refractivity contribution is -0.112. The smallest absolute Gasteiger partial charge is 0.359 e. The second-order valence-corrected chi connectivity index (χ2v) is 3.02. The Kier molecular flexibility index (Phi) is 3.53. The van der Waals surface area contributed by atoms with E-state index >= 15 is 0 Å². The normalized spacial score (nSPS) is 10.3. The van der Waals surface area contributed by atoms with Crippen molar-refractivity contribution in [3.63, 3.8) is 0 Å². The van der Waals surface area contributed by atoms with Gasteiger partial charge in [0.05, 0.1) is 0 Å². The lowest BCUT2D eigenvalue weighted by Gasteiger charge is -2.04. The van der Waals surface area contributed by atoms with Crippen LogP contribution >= 0.6 is 0 Å². The molecule has 0 aromatic heterocycles. The van der Waals surface area contributed by atoms with Gasteiger partial charge in [-0.15, -0.1) is 0 Å². The van der Waals surface area contributed by atoms with E-state index in [0.29, 0.717) is 0 Å². The Morgan fingerprint density at radius 3 is 2.41 bits per heavy atom. The molecule has 2 N–H and O–H groups in total. The highest BCUT2D eigenvalue weighted by molar-refractivity contribution is 6.00. The average molecular weight is 241 g/mol. The number of carbonyl (C=O) groups is 2. The molecule has 0 unspecified atom stereocenters. The Bertz CT molecular complexity index is 523. The summed E-state index contributed by atoms with van der Waals surface area (Å²) in [7, 11) is 0. The van der Waals surface area contributed by atoms with Gasteiger partial charge < -0.3 is 5.73 Å². The lowest BCUT2D eigenvalue weighted by atomic mass is 10.1. The molecular weight excluding hydrogens is 235 g/mol. The molecule has 0 saturated carbocycles. The SMILES string of the molecule is NC(=O)C#Cc1cccc(C(=O)C(F)(F)F)c1. The third-order valence-corrected chi connectivity index (χ3v) is 1.71. The van der Waals surface area contributed by atoms with Crippen molar-refractivity contribution in [3.05, 3.63) is 35.4 Å². The minimum Gasteiger partial charge on any atom is -0.359 e. The van der Waals surface area contributed by atoms with Crippen molar-refractivity contribution in [1.29, 1.82) is 0 Å². The molecule has 1 amide bonds. The molecule has 0 aliphatic rings. The number of alkyl halides is 3. The summed E-state index contributed by atoms with van der Waals surface area (Å²) in [5.41, 5.74) is 4.32. The molecule has 0 aliphatic heterocycles. The van der Waals surface area contributed by atoms with E-state index in [4.69, 9.17) is 5.73 Å². The number of halogens is 3. The van der Waals surface area contributed by atoms with Gasteiger partial charge in [0.1, 0.15) is 0 Å². The van der Waals surface area contributed by atoms with Gasteiger partial charge >= 0.3 is 6.18 Å². The lowest BCUT2D eigenvalue weighted by Crippen LogP contribution is -2.22. The van der Waals surface area contributed by atoms with Crippen molar-refractivity contribution >= 4 is 11.7 Å². The summed E-state index contributed by atoms with van der Waals surface area (Å²) >= 11 is 0. The van der Waals surface area contributed by atoms with Crippen LogP contribution in [0.1, 0.15) is 15.9 Å². The summed E-state index contributed by atoms with van der Waals surface area (Å²) in [6.45, 7) is 0. The van der Waals surface area contributed by atoms with E-state index in [1.54, 1.807) is 0 Å². The molecule has 6 heteroatoms. The first kappa shape index (κ1) is 12.8. The van der Waals surface area contributed by atoms with Crippen molar-refractivity contribution in [3.8, 4) is 11.8 Å². The van der Waals surface area contributed by atoms with Crippen molar-refractivity contribution < 1.29 is 22.8 Å². The maximum Gasteiger partial charge on any atom is 0.454 e. The molecule has 88 valence electrons. The van der Waals surface area contributed by atoms with Crippen molar-refractivity contribution in [2.24, 2.45) is 5.73 Å². The monoisotopic (exact) mass is 241 g/mol. The Balaban J connectivity index is 3.07. The highest BCUT2D eigenvalue weighted by Gasteiger charge is 2.39. The first-order valence-electron chi connectivity index (χ1n) is 4.34. The van der Waals surface area contributed by atoms with E-state index in [-0.39, 0.29) is 5.56 Å². The minimum atomic E-state index is -4.93. The van der Waals surface area contributed by atoms with E-state index in [1.807, 2.05) is 5.92 Å². The number of hydrogen-bond donors (Lipinski definition) is 1. The zero-order valence-corrected chi connectivity index (χ0v) is 8.34. The summed E-state index contributed by atoms with van der Waals surface area (Å²) in [5.74, 6) is 1.35. The van der Waals surface area contributed by atoms with Gasteiger partial charge in [-0.3, -0.25) is 9.59 Å². The molecule has 0 heterocycles. The number of primary amides is 1. The number of hydrogen-bond acceptors (Lipinski definition) is 2. The van der Waals surface area contributed by atoms with Crippen LogP contribution in [-0.4, -0.2) is 17.9 Å². The molecule has 1 aromatic carbocycles. The highest BCUT2D eigenvalue weighted by Crippen LogP contribution is 2.21. The molecule has 0 fully saturated rings. The summed E-state index contributed by atoms with van der Waals surface area (Å²) < 4.78 is 36.4. The largest absolute Gasteiger partial charge is 0.454 e. The Hall–Kier alpha value is -2.29. The quantitative estimate of drug-likeness (QED) is 0.594. The van der Waals surface area contributed by atoms with E-state index in [2.05, 4.69) is 5.92 Å². The molecule has 0 bridgehead atoms. The van der Waals surface area contributed by atoms with Crippen LogP contribution in [0.2, 0.25) is 0 Å². The third-order valence-electron chi connectivity index (χ3n) is 1.71. The molecule has 0 saturated heterocycles. The number of rotatable bonds is 1. The summed E-state index contributed by atoms with van der Waals surface area (Å²) in [6, 6.07) is 4.57. The zero-order chi connectivity index (χ0) is 13.1. The van der Waals surface area contributed by atoms with Gasteiger partial charge in [0.15, 0.2) is 0 Å². The van der Waals surface area contributed by atoms with Crippen molar-refractivity contribution in [2.45, 2.75) is 6.18 Å². The van der Waals surface area contributed by atoms with Crippen molar-refractivity contribution in [1.82, 2.24) is 0 Å². The fourth-order valence-electron chi connectivity index (χ4n) is 1.04. The average Bonchev–Trinajstić information content (AvgIpc) is 2.24. The second kappa shape index (κ2) is 4.70. The highest BCUT2D eigenvalue weighted by atomic mass is 19.4.